The van der Waals surface area contributed by atoms with E-state index in [4.69, 9.17) is 9.90 Å². The van der Waals surface area contributed by atoms with Gasteiger partial charge in [0.05, 0.1) is 0 Å². The van der Waals surface area contributed by atoms with E-state index in [0.717, 1.165) is 0 Å². The Morgan fingerprint density at radius 1 is 0.650 bits per heavy atom. The van der Waals surface area contributed by atoms with Crippen LogP contribution in [0.1, 0.15) is 0 Å². The summed E-state index contributed by atoms with van der Waals surface area (Å²) in [6.45, 7) is 5.65. The van der Waals surface area contributed by atoms with E-state index in [9.17, 15) is 39.5 Å². The van der Waals surface area contributed by atoms with E-state index in [0.29, 0.717) is 0 Å². The van der Waals surface area contributed by atoms with Gasteiger partial charge in [-0.25, -0.2) is 0 Å². The van der Waals surface area contributed by atoms with E-state index < -0.39 is 32.4 Å². The molecule has 0 radical (unpaired) electrons. The van der Waals surface area contributed by atoms with Crippen molar-refractivity contribution in [3.05, 3.63) is 0 Å². The first-order valence-corrected chi connectivity index (χ1v) is 7.85. The van der Waals surface area contributed by atoms with Crippen molar-refractivity contribution in [3.8, 4) is 0 Å². The molecular formula is C7H11F9O2SiZn. The van der Waals surface area contributed by atoms with Gasteiger partial charge in [0.15, 0.2) is 8.32 Å². The fourth-order valence-corrected chi connectivity index (χ4v) is 0.482. The van der Waals surface area contributed by atoms with Gasteiger partial charge < -0.3 is 9.90 Å². The number of halogens is 9. The molecule has 0 heterocycles. The summed E-state index contributed by atoms with van der Waals surface area (Å²) in [7, 11) is -1.61. The maximum absolute atomic E-state index is 11.4. The van der Waals surface area contributed by atoms with Gasteiger partial charge in [-0.3, -0.25) is 0 Å². The van der Waals surface area contributed by atoms with Crippen LogP contribution >= 0.6 is 0 Å². The summed E-state index contributed by atoms with van der Waals surface area (Å²) in [5.74, 6) is 0. The van der Waals surface area contributed by atoms with Crippen molar-refractivity contribution in [3.63, 3.8) is 0 Å². The molecule has 0 aliphatic carbocycles. The molecule has 0 aromatic rings. The first kappa shape index (κ1) is 25.1. The molecule has 0 aromatic heterocycles. The largest absolute Gasteiger partial charge is 0.435 e. The zero-order valence-corrected chi connectivity index (χ0v) is 14.5. The molecule has 0 amide bonds. The molecule has 20 heavy (non-hydrogen) atoms. The van der Waals surface area contributed by atoms with Crippen molar-refractivity contribution < 1.29 is 68.9 Å². The van der Waals surface area contributed by atoms with Crippen LogP contribution in [0.25, 0.3) is 0 Å². The molecule has 0 saturated heterocycles. The second-order valence-corrected chi connectivity index (χ2v) is 8.72. The van der Waals surface area contributed by atoms with Gasteiger partial charge in [-0.05, 0) is 19.6 Å². The predicted molar refractivity (Wildman–Crippen MR) is 48.7 cm³/mol. The Kier molecular flexibility index (Phi) is 8.69. The molecule has 2 nitrogen and oxygen atoms in total. The summed E-state index contributed by atoms with van der Waals surface area (Å²) in [6, 6.07) is 0. The van der Waals surface area contributed by atoms with Crippen LogP contribution in [0.5, 0.6) is 0 Å². The van der Waals surface area contributed by atoms with Crippen molar-refractivity contribution in [2.24, 2.45) is 0 Å². The second-order valence-electron chi connectivity index (χ2n) is 4.37. The summed E-state index contributed by atoms with van der Waals surface area (Å²) in [4.78, 5) is 8.66. The van der Waals surface area contributed by atoms with E-state index in [1.807, 2.05) is 19.6 Å². The minimum atomic E-state index is -6.87. The van der Waals surface area contributed by atoms with Crippen LogP contribution in [0.15, 0.2) is 0 Å². The van der Waals surface area contributed by atoms with Gasteiger partial charge in [-0.1, -0.05) is 0 Å². The van der Waals surface area contributed by atoms with Crippen molar-refractivity contribution in [2.45, 2.75) is 43.8 Å². The van der Waals surface area contributed by atoms with Crippen molar-refractivity contribution >= 4 is 8.32 Å². The number of aliphatic hydroxyl groups is 1. The molecule has 0 spiro atoms. The standard InChI is InChI=1S/C4HF9O.C3H10OSi.Zn/c5-2(6,7)1(14,3(8,9)10)4(11,12)13;1-5(2,3)4;/h14H;4H,1-3H3;. The molecule has 120 valence electrons. The Bertz CT molecular complexity index is 249. The van der Waals surface area contributed by atoms with Gasteiger partial charge in [-0.15, -0.1) is 0 Å². The zero-order chi connectivity index (χ0) is 16.5. The Labute approximate surface area is 121 Å². The predicted octanol–water partition coefficient (Wildman–Crippen LogP) is 3.22. The van der Waals surface area contributed by atoms with Gasteiger partial charge in [-0.2, -0.15) is 39.5 Å². The maximum atomic E-state index is 11.4. The van der Waals surface area contributed by atoms with E-state index in [1.165, 1.54) is 0 Å². The van der Waals surface area contributed by atoms with Gasteiger partial charge in [0, 0.05) is 19.5 Å². The summed E-state index contributed by atoms with van der Waals surface area (Å²) in [5, 5.41) is 7.65. The smallest absolute Gasteiger partial charge is 0.433 e. The Hall–Kier alpha value is 0.130. The topological polar surface area (TPSA) is 40.5 Å². The third-order valence-corrected chi connectivity index (χ3v) is 1.23. The van der Waals surface area contributed by atoms with Gasteiger partial charge in [0.25, 0.3) is 0 Å². The zero-order valence-electron chi connectivity index (χ0n) is 10.5. The number of alkyl halides is 9. The van der Waals surface area contributed by atoms with Gasteiger partial charge >= 0.3 is 24.1 Å². The molecule has 0 aromatic carbocycles. The third kappa shape index (κ3) is 7.23. The third-order valence-electron chi connectivity index (χ3n) is 1.23. The minimum absolute atomic E-state index is 0. The molecule has 0 rings (SSSR count). The normalized spacial score (nSPS) is 14.1. The molecule has 13 heteroatoms. The summed E-state index contributed by atoms with van der Waals surface area (Å²) < 4.78 is 103. The van der Waals surface area contributed by atoms with E-state index >= 15 is 0 Å². The summed E-state index contributed by atoms with van der Waals surface area (Å²) >= 11 is 0. The molecule has 0 bridgehead atoms. The van der Waals surface area contributed by atoms with Crippen LogP contribution in [0, 0.1) is 0 Å². The quantitative estimate of drug-likeness (QED) is 0.492. The van der Waals surface area contributed by atoms with Crippen LogP contribution < -0.4 is 0 Å². The first-order chi connectivity index (χ1) is 7.75. The Morgan fingerprint density at radius 2 is 0.750 bits per heavy atom. The Morgan fingerprint density at radius 3 is 0.750 bits per heavy atom. The molecule has 2 N–H and O–H groups in total. The summed E-state index contributed by atoms with van der Waals surface area (Å²) in [6.07, 6.45) is -20.6. The average molecular weight is 392 g/mol. The van der Waals surface area contributed by atoms with Crippen LogP contribution in [0.4, 0.5) is 39.5 Å². The van der Waals surface area contributed by atoms with Crippen molar-refractivity contribution in [1.29, 1.82) is 0 Å². The fraction of sp³-hybridized carbons (Fsp3) is 1.00. The van der Waals surface area contributed by atoms with Crippen LogP contribution in [-0.2, 0) is 19.5 Å². The molecule has 0 atom stereocenters. The molecule has 0 saturated carbocycles. The van der Waals surface area contributed by atoms with Crippen LogP contribution in [-0.4, -0.2) is 42.3 Å². The van der Waals surface area contributed by atoms with Gasteiger partial charge in [0.2, 0.25) is 0 Å². The maximum Gasteiger partial charge on any atom is 0.435 e. The molecule has 0 aliphatic heterocycles. The van der Waals surface area contributed by atoms with Crippen molar-refractivity contribution in [1.82, 2.24) is 0 Å². The molecule has 0 fully saturated rings. The first-order valence-electron chi connectivity index (χ1n) is 4.40. The second kappa shape index (κ2) is 6.93. The number of rotatable bonds is 0. The van der Waals surface area contributed by atoms with E-state index in [-0.39, 0.29) is 19.5 Å². The molecule has 0 aliphatic rings. The van der Waals surface area contributed by atoms with E-state index in [2.05, 4.69) is 0 Å². The Balaban J connectivity index is -0.000000414. The van der Waals surface area contributed by atoms with Crippen LogP contribution in [0.2, 0.25) is 19.6 Å². The van der Waals surface area contributed by atoms with E-state index in [1.54, 1.807) is 0 Å². The SMILES string of the molecule is C[Si](C)(C)O.OC(C(F)(F)F)(C(F)(F)F)C(F)(F)F.[Zn]. The monoisotopic (exact) mass is 390 g/mol. The fourth-order valence-electron chi connectivity index (χ4n) is 0.482. The molecular weight excluding hydrogens is 381 g/mol. The van der Waals surface area contributed by atoms with Crippen molar-refractivity contribution in [2.75, 3.05) is 0 Å². The minimum Gasteiger partial charge on any atom is -0.433 e. The van der Waals surface area contributed by atoms with Crippen LogP contribution in [0.3, 0.4) is 0 Å². The van der Waals surface area contributed by atoms with Gasteiger partial charge in [0.1, 0.15) is 0 Å². The summed E-state index contributed by atoms with van der Waals surface area (Å²) in [5.41, 5.74) is -6.69. The molecule has 0 unspecified atom stereocenters. The number of hydrogen-bond donors (Lipinski definition) is 2. The number of hydrogen-bond acceptors (Lipinski definition) is 2. The average Bonchev–Trinajstić information content (AvgIpc) is 1.92.